The first-order valence-electron chi connectivity index (χ1n) is 22.5. The molecular formula is C46H73N3O15. The number of likely N-dealkylation sites (N-methyl/N-ethyl adjacent to an activating group) is 1. The quantitative estimate of drug-likeness (QED) is 0.177. The van der Waals surface area contributed by atoms with Crippen LogP contribution in [0.15, 0.2) is 28.8 Å². The molecule has 1 unspecified atom stereocenters. The fourth-order valence-electron chi connectivity index (χ4n) is 9.89. The Bertz CT molecular complexity index is 1890. The molecule has 1 aromatic heterocycles. The number of carbonyl (C=O) groups excluding carboxylic acids is 3. The normalized spacial score (nSPS) is 42.0. The van der Waals surface area contributed by atoms with Crippen LogP contribution in [-0.4, -0.2) is 165 Å². The summed E-state index contributed by atoms with van der Waals surface area (Å²) in [5.41, 5.74) is -4.28. The largest absolute Gasteiger partial charge is 0.459 e. The number of carbonyl (C=O) groups is 3. The molecule has 362 valence electrons. The number of esters is 1. The summed E-state index contributed by atoms with van der Waals surface area (Å²) in [5.74, 6) is -6.08. The lowest BCUT2D eigenvalue weighted by Gasteiger charge is -2.49. The molecule has 0 saturated carbocycles. The standard InChI is InChI=1S/C46H73N3O15/c1-23-21-44(7,56)41(63-43-37(52)31(49(10)11)19-24(2)59-43)26(4)38(62-35-22-45(8,58-12)40(54)28(6)60-35)27(5)42(55)61-33(46(9,57)39(53)25(3)36(23)51)17-18-47-34(50)20-30-29-15-13-14-16-32(29)64-48-30/h13-16,23-28,31,33,35,37-41,43,52-54,56-57H,17-22H2,1-12H3,(H,47,50)/t23-,24-,25+,26+,27-,28+,31+,33-,35+,37-,38?,39-,40+,41-,43+,44-,45-,46-/m1/s1. The minimum atomic E-state index is -2.23. The van der Waals surface area contributed by atoms with Gasteiger partial charge in [-0.1, -0.05) is 38.1 Å². The first kappa shape index (κ1) is 51.8. The van der Waals surface area contributed by atoms with Crippen LogP contribution in [0.4, 0.5) is 0 Å². The fourth-order valence-corrected chi connectivity index (χ4v) is 9.89. The van der Waals surface area contributed by atoms with Gasteiger partial charge in [0.05, 0.1) is 54.1 Å². The van der Waals surface area contributed by atoms with E-state index in [4.69, 9.17) is 32.9 Å². The van der Waals surface area contributed by atoms with Crippen LogP contribution in [0.2, 0.25) is 0 Å². The summed E-state index contributed by atoms with van der Waals surface area (Å²) < 4.78 is 42.9. The van der Waals surface area contributed by atoms with E-state index in [9.17, 15) is 39.9 Å². The van der Waals surface area contributed by atoms with Gasteiger partial charge in [0.15, 0.2) is 18.2 Å². The minimum Gasteiger partial charge on any atom is -0.459 e. The van der Waals surface area contributed by atoms with Crippen molar-refractivity contribution < 1.29 is 72.9 Å². The average molecular weight is 908 g/mol. The number of hydrogen-bond donors (Lipinski definition) is 6. The summed E-state index contributed by atoms with van der Waals surface area (Å²) in [7, 11) is 5.12. The van der Waals surface area contributed by atoms with Gasteiger partial charge in [0, 0.05) is 55.7 Å². The van der Waals surface area contributed by atoms with Gasteiger partial charge >= 0.3 is 5.97 Å². The molecule has 64 heavy (non-hydrogen) atoms. The molecular weight excluding hydrogens is 835 g/mol. The van der Waals surface area contributed by atoms with Crippen molar-refractivity contribution in [2.45, 2.75) is 179 Å². The lowest BCUT2D eigenvalue weighted by molar-refractivity contribution is -0.318. The predicted octanol–water partition coefficient (Wildman–Crippen LogP) is 2.27. The number of rotatable bonds is 11. The highest BCUT2D eigenvalue weighted by atomic mass is 16.7. The number of nitrogens with one attached hydrogen (secondary N) is 1. The molecule has 3 saturated heterocycles. The van der Waals surface area contributed by atoms with Gasteiger partial charge < -0.3 is 68.7 Å². The number of ether oxygens (including phenoxy) is 6. The summed E-state index contributed by atoms with van der Waals surface area (Å²) in [6, 6.07) is 6.74. The van der Waals surface area contributed by atoms with Crippen molar-refractivity contribution in [1.82, 2.24) is 15.4 Å². The van der Waals surface area contributed by atoms with Crippen molar-refractivity contribution >= 4 is 28.6 Å². The van der Waals surface area contributed by atoms with Gasteiger partial charge in [-0.2, -0.15) is 0 Å². The molecule has 6 N–H and O–H groups in total. The number of methoxy groups -OCH3 is 1. The maximum atomic E-state index is 14.6. The number of aliphatic hydroxyl groups excluding tert-OH is 3. The van der Waals surface area contributed by atoms with E-state index in [1.807, 2.05) is 25.9 Å². The van der Waals surface area contributed by atoms with Crippen LogP contribution in [-0.2, 0) is 49.2 Å². The molecule has 18 nitrogen and oxygen atoms in total. The van der Waals surface area contributed by atoms with Crippen molar-refractivity contribution in [2.24, 2.45) is 23.7 Å². The molecule has 0 bridgehead atoms. The Morgan fingerprint density at radius 3 is 2.27 bits per heavy atom. The van der Waals surface area contributed by atoms with Gasteiger partial charge in [0.2, 0.25) is 5.91 Å². The number of aliphatic hydroxyl groups is 5. The van der Waals surface area contributed by atoms with Crippen molar-refractivity contribution in [3.63, 3.8) is 0 Å². The van der Waals surface area contributed by atoms with Crippen LogP contribution in [0.1, 0.15) is 93.7 Å². The topological polar surface area (TPSA) is 249 Å². The maximum Gasteiger partial charge on any atom is 0.311 e. The fraction of sp³-hybridized carbons (Fsp3) is 0.783. The van der Waals surface area contributed by atoms with E-state index >= 15 is 0 Å². The highest BCUT2D eigenvalue weighted by Crippen LogP contribution is 2.41. The van der Waals surface area contributed by atoms with Crippen molar-refractivity contribution in [2.75, 3.05) is 27.7 Å². The SMILES string of the molecule is CO[C@]1(C)C[C@H](OC2[C@@H](C)C(=O)O[C@H](CCNC(=O)Cc3noc4ccccc34)[C@@](C)(O)[C@H](O)[C@@H](C)C(=O)[C@H](C)C[C@@](C)(O)[C@H](O[C@@H]3O[C@H](C)C[C@H](N(C)C)[C@H]3O)[C@H]2C)O[C@@H](C)[C@@H]1O. The lowest BCUT2D eigenvalue weighted by Crippen LogP contribution is -2.61. The van der Waals surface area contributed by atoms with Crippen molar-refractivity contribution in [1.29, 1.82) is 0 Å². The number of fused-ring (bicyclic) bond motifs is 1. The number of para-hydroxylation sites is 1. The number of Topliss-reactive ketones (excluding diaryl/α,β-unsaturated/α-hetero) is 1. The summed E-state index contributed by atoms with van der Waals surface area (Å²) >= 11 is 0. The number of hydrogen-bond acceptors (Lipinski definition) is 17. The van der Waals surface area contributed by atoms with E-state index in [1.165, 1.54) is 27.9 Å². The smallest absolute Gasteiger partial charge is 0.311 e. The predicted molar refractivity (Wildman–Crippen MR) is 231 cm³/mol. The number of ketones is 1. The first-order chi connectivity index (χ1) is 29.8. The molecule has 3 aliphatic heterocycles. The molecule has 1 amide bonds. The maximum absolute atomic E-state index is 14.6. The van der Waals surface area contributed by atoms with Crippen molar-refractivity contribution in [3.8, 4) is 0 Å². The third kappa shape index (κ3) is 11.3. The second-order valence-corrected chi connectivity index (χ2v) is 19.5. The second kappa shape index (κ2) is 20.8. The van der Waals surface area contributed by atoms with E-state index in [0.717, 1.165) is 0 Å². The van der Waals surface area contributed by atoms with E-state index in [0.29, 0.717) is 23.1 Å². The summed E-state index contributed by atoms with van der Waals surface area (Å²) in [5, 5.41) is 66.6. The van der Waals surface area contributed by atoms with Gasteiger partial charge in [-0.25, -0.2) is 0 Å². The number of aromatic nitrogens is 1. The Balaban J connectivity index is 1.52. The Morgan fingerprint density at radius 1 is 0.938 bits per heavy atom. The summed E-state index contributed by atoms with van der Waals surface area (Å²) in [6.45, 7) is 14.2. The van der Waals surface area contributed by atoms with Gasteiger partial charge in [-0.05, 0) is 80.6 Å². The molecule has 18 heteroatoms. The van der Waals surface area contributed by atoms with Crippen LogP contribution in [0.25, 0.3) is 11.0 Å². The molecule has 18 atom stereocenters. The molecule has 0 radical (unpaired) electrons. The number of cyclic esters (lactones) is 1. The van der Waals surface area contributed by atoms with E-state index in [2.05, 4.69) is 10.5 Å². The zero-order valence-electron chi connectivity index (χ0n) is 39.4. The highest BCUT2D eigenvalue weighted by molar-refractivity contribution is 5.86. The van der Waals surface area contributed by atoms with Crippen LogP contribution >= 0.6 is 0 Å². The second-order valence-electron chi connectivity index (χ2n) is 19.5. The molecule has 1 aromatic carbocycles. The molecule has 2 aromatic rings. The zero-order valence-corrected chi connectivity index (χ0v) is 39.4. The number of benzene rings is 1. The van der Waals surface area contributed by atoms with Crippen molar-refractivity contribution in [3.05, 3.63) is 30.0 Å². The lowest BCUT2D eigenvalue weighted by atomic mass is 9.74. The van der Waals surface area contributed by atoms with Gasteiger partial charge in [-0.3, -0.25) is 14.4 Å². The summed E-state index contributed by atoms with van der Waals surface area (Å²) in [6.07, 6.45) is -11.3. The first-order valence-corrected chi connectivity index (χ1v) is 22.5. The molecule has 3 aliphatic rings. The van der Waals surface area contributed by atoms with Crippen LogP contribution in [0.3, 0.4) is 0 Å². The minimum absolute atomic E-state index is 0.0329. The molecule has 0 aliphatic carbocycles. The Morgan fingerprint density at radius 2 is 1.61 bits per heavy atom. The Kier molecular flexibility index (Phi) is 16.8. The van der Waals surface area contributed by atoms with E-state index in [-0.39, 0.29) is 44.4 Å². The molecule has 4 heterocycles. The van der Waals surface area contributed by atoms with Gasteiger partial charge in [-0.15, -0.1) is 0 Å². The van der Waals surface area contributed by atoms with E-state index < -0.39 is 113 Å². The third-order valence-corrected chi connectivity index (χ3v) is 14.0. The molecule has 0 spiro atoms. The molecule has 5 rings (SSSR count). The third-order valence-electron chi connectivity index (χ3n) is 14.0. The monoisotopic (exact) mass is 908 g/mol. The Labute approximate surface area is 376 Å². The number of amides is 1. The van der Waals surface area contributed by atoms with E-state index in [1.54, 1.807) is 58.9 Å². The van der Waals surface area contributed by atoms with Gasteiger partial charge in [0.1, 0.15) is 35.4 Å². The zero-order chi connectivity index (χ0) is 47.6. The van der Waals surface area contributed by atoms with Crippen LogP contribution < -0.4 is 5.32 Å². The summed E-state index contributed by atoms with van der Waals surface area (Å²) in [4.78, 5) is 43.9. The Hall–Kier alpha value is -3.14. The van der Waals surface area contributed by atoms with Crippen LogP contribution in [0.5, 0.6) is 0 Å². The van der Waals surface area contributed by atoms with Gasteiger partial charge in [0.25, 0.3) is 0 Å². The molecule has 3 fully saturated rings. The average Bonchev–Trinajstić information content (AvgIpc) is 3.64. The highest BCUT2D eigenvalue weighted by Gasteiger charge is 2.53. The van der Waals surface area contributed by atoms with Crippen LogP contribution in [0, 0.1) is 23.7 Å². The number of nitrogens with zero attached hydrogens (tertiary/aromatic N) is 2.